The first-order chi connectivity index (χ1) is 9.48. The second-order valence-corrected chi connectivity index (χ2v) is 6.25. The molecule has 1 aromatic carbocycles. The molecule has 0 bridgehead atoms. The Morgan fingerprint density at radius 1 is 1.20 bits per heavy atom. The van der Waals surface area contributed by atoms with Gasteiger partial charge in [0.2, 0.25) is 0 Å². The van der Waals surface area contributed by atoms with Crippen LogP contribution in [0.2, 0.25) is 0 Å². The average molecular weight is 317 g/mol. The summed E-state index contributed by atoms with van der Waals surface area (Å²) in [6.45, 7) is 3.99. The molecule has 1 N–H and O–H groups in total. The fraction of sp³-hybridized carbons (Fsp3) is 0.562. The zero-order valence-electron chi connectivity index (χ0n) is 12.1. The molecule has 0 radical (unpaired) electrons. The smallest absolute Gasteiger partial charge is 0.153 e. The van der Waals surface area contributed by atoms with Gasteiger partial charge in [-0.25, -0.2) is 0 Å². The van der Waals surface area contributed by atoms with Gasteiger partial charge in [-0.05, 0) is 55.2 Å². The highest BCUT2D eigenvalue weighted by atomic mass is 35.5. The number of hydrogen-bond acceptors (Lipinski definition) is 2. The third-order valence-corrected chi connectivity index (χ3v) is 4.41. The minimum atomic E-state index is -0.0694. The Balaban J connectivity index is 3.18. The van der Waals surface area contributed by atoms with Gasteiger partial charge in [0.15, 0.2) is 6.29 Å². The van der Waals surface area contributed by atoms with Crippen LogP contribution in [0.25, 0.3) is 0 Å². The standard InChI is InChI=1S/C16H22Cl2O2/c1-12-9-14(10-13(11-19)15(12)20)16(2,5-3-7-17)6-4-8-18/h9-11,20H,3-8H2,1-2H3. The number of alkyl halides is 2. The molecule has 0 heterocycles. The monoisotopic (exact) mass is 316 g/mol. The van der Waals surface area contributed by atoms with Gasteiger partial charge in [-0.1, -0.05) is 13.0 Å². The molecule has 0 amide bonds. The lowest BCUT2D eigenvalue weighted by molar-refractivity contribution is 0.112. The van der Waals surface area contributed by atoms with Crippen LogP contribution in [0.1, 0.15) is 54.1 Å². The summed E-state index contributed by atoms with van der Waals surface area (Å²) in [4.78, 5) is 11.1. The Bertz CT molecular complexity index is 450. The number of halogens is 2. The third kappa shape index (κ3) is 4.13. The van der Waals surface area contributed by atoms with Gasteiger partial charge in [-0.2, -0.15) is 0 Å². The van der Waals surface area contributed by atoms with Gasteiger partial charge in [0.05, 0.1) is 5.56 Å². The summed E-state index contributed by atoms with van der Waals surface area (Å²) in [5, 5.41) is 9.87. The van der Waals surface area contributed by atoms with E-state index in [0.29, 0.717) is 23.6 Å². The van der Waals surface area contributed by atoms with Crippen molar-refractivity contribution in [2.24, 2.45) is 0 Å². The molecule has 0 atom stereocenters. The molecule has 0 aliphatic heterocycles. The zero-order chi connectivity index (χ0) is 15.2. The van der Waals surface area contributed by atoms with E-state index in [2.05, 4.69) is 6.92 Å². The summed E-state index contributed by atoms with van der Waals surface area (Å²) >= 11 is 11.6. The van der Waals surface area contributed by atoms with Crippen molar-refractivity contribution in [3.8, 4) is 5.75 Å². The molecule has 0 unspecified atom stereocenters. The first-order valence-electron chi connectivity index (χ1n) is 6.89. The van der Waals surface area contributed by atoms with Gasteiger partial charge in [0.1, 0.15) is 5.75 Å². The molecular weight excluding hydrogens is 295 g/mol. The van der Waals surface area contributed by atoms with Gasteiger partial charge >= 0.3 is 0 Å². The Morgan fingerprint density at radius 3 is 2.20 bits per heavy atom. The molecule has 0 saturated carbocycles. The number of benzene rings is 1. The van der Waals surface area contributed by atoms with E-state index in [9.17, 15) is 9.90 Å². The summed E-state index contributed by atoms with van der Waals surface area (Å²) in [6.07, 6.45) is 4.41. The summed E-state index contributed by atoms with van der Waals surface area (Å²) in [5.41, 5.74) is 2.08. The van der Waals surface area contributed by atoms with E-state index >= 15 is 0 Å². The molecule has 112 valence electrons. The number of rotatable bonds is 8. The van der Waals surface area contributed by atoms with Crippen molar-refractivity contribution in [3.05, 3.63) is 28.8 Å². The van der Waals surface area contributed by atoms with Crippen LogP contribution in [0, 0.1) is 6.92 Å². The number of carbonyl (C=O) groups excluding carboxylic acids is 1. The van der Waals surface area contributed by atoms with Crippen LogP contribution < -0.4 is 0 Å². The van der Waals surface area contributed by atoms with Crippen LogP contribution >= 0.6 is 23.2 Å². The van der Waals surface area contributed by atoms with Crippen molar-refractivity contribution < 1.29 is 9.90 Å². The lowest BCUT2D eigenvalue weighted by atomic mass is 9.74. The summed E-state index contributed by atoms with van der Waals surface area (Å²) in [6, 6.07) is 3.75. The fourth-order valence-electron chi connectivity index (χ4n) is 2.57. The Labute approximate surface area is 131 Å². The van der Waals surface area contributed by atoms with Crippen molar-refractivity contribution in [3.63, 3.8) is 0 Å². The summed E-state index contributed by atoms with van der Waals surface area (Å²) in [5.74, 6) is 1.31. The number of aromatic hydroxyl groups is 1. The number of phenolic OH excluding ortho intramolecular Hbond substituents is 1. The minimum absolute atomic E-state index is 0.0694. The molecule has 0 spiro atoms. The van der Waals surface area contributed by atoms with Gasteiger partial charge in [0, 0.05) is 11.8 Å². The SMILES string of the molecule is Cc1cc(C(C)(CCCCl)CCCCl)cc(C=O)c1O. The van der Waals surface area contributed by atoms with Crippen LogP contribution in [0.15, 0.2) is 12.1 Å². The zero-order valence-corrected chi connectivity index (χ0v) is 13.6. The molecule has 1 aromatic rings. The predicted octanol–water partition coefficient (Wildman–Crippen LogP) is 4.81. The number of carbonyl (C=O) groups is 1. The van der Waals surface area contributed by atoms with Crippen molar-refractivity contribution in [1.29, 1.82) is 0 Å². The van der Waals surface area contributed by atoms with E-state index in [1.807, 2.05) is 13.0 Å². The molecule has 2 nitrogen and oxygen atoms in total. The van der Waals surface area contributed by atoms with E-state index in [-0.39, 0.29) is 11.2 Å². The molecule has 0 fully saturated rings. The van der Waals surface area contributed by atoms with E-state index in [0.717, 1.165) is 36.8 Å². The maximum atomic E-state index is 11.1. The number of aryl methyl sites for hydroxylation is 1. The molecule has 0 aromatic heterocycles. The normalized spacial score (nSPS) is 11.6. The van der Waals surface area contributed by atoms with Crippen molar-refractivity contribution in [2.45, 2.75) is 44.9 Å². The average Bonchev–Trinajstić information content (AvgIpc) is 2.45. The Hall–Kier alpha value is -0.730. The van der Waals surface area contributed by atoms with Gasteiger partial charge in [-0.3, -0.25) is 4.79 Å². The molecule has 0 aliphatic rings. The Morgan fingerprint density at radius 2 is 1.75 bits per heavy atom. The van der Waals surface area contributed by atoms with E-state index < -0.39 is 0 Å². The largest absolute Gasteiger partial charge is 0.507 e. The second-order valence-electron chi connectivity index (χ2n) is 5.49. The van der Waals surface area contributed by atoms with E-state index in [1.165, 1.54) is 0 Å². The highest BCUT2D eigenvalue weighted by Gasteiger charge is 2.27. The number of hydrogen-bond donors (Lipinski definition) is 1. The van der Waals surface area contributed by atoms with Crippen LogP contribution in [-0.4, -0.2) is 23.2 Å². The fourth-order valence-corrected chi connectivity index (χ4v) is 2.84. The minimum Gasteiger partial charge on any atom is -0.507 e. The lowest BCUT2D eigenvalue weighted by Crippen LogP contribution is -2.23. The molecule has 0 aliphatic carbocycles. The van der Waals surface area contributed by atoms with Crippen molar-refractivity contribution >= 4 is 29.5 Å². The molecule has 0 saturated heterocycles. The quantitative estimate of drug-likeness (QED) is 0.552. The molecule has 4 heteroatoms. The highest BCUT2D eigenvalue weighted by Crippen LogP contribution is 2.37. The lowest BCUT2D eigenvalue weighted by Gasteiger charge is -2.31. The summed E-state index contributed by atoms with van der Waals surface area (Å²) in [7, 11) is 0. The first-order valence-corrected chi connectivity index (χ1v) is 7.96. The van der Waals surface area contributed by atoms with Crippen molar-refractivity contribution in [2.75, 3.05) is 11.8 Å². The van der Waals surface area contributed by atoms with Gasteiger partial charge in [0.25, 0.3) is 0 Å². The number of aldehydes is 1. The van der Waals surface area contributed by atoms with E-state index in [4.69, 9.17) is 23.2 Å². The maximum absolute atomic E-state index is 11.1. The number of phenols is 1. The maximum Gasteiger partial charge on any atom is 0.153 e. The summed E-state index contributed by atoms with van der Waals surface area (Å²) < 4.78 is 0. The molecule has 20 heavy (non-hydrogen) atoms. The Kier molecular flexibility index (Phi) is 6.84. The van der Waals surface area contributed by atoms with Crippen LogP contribution in [-0.2, 0) is 5.41 Å². The van der Waals surface area contributed by atoms with Crippen LogP contribution in [0.5, 0.6) is 5.75 Å². The van der Waals surface area contributed by atoms with E-state index in [1.54, 1.807) is 6.07 Å². The van der Waals surface area contributed by atoms with Crippen LogP contribution in [0.4, 0.5) is 0 Å². The second kappa shape index (κ2) is 7.90. The first kappa shape index (κ1) is 17.3. The third-order valence-electron chi connectivity index (χ3n) is 3.88. The molecular formula is C16H22Cl2O2. The van der Waals surface area contributed by atoms with Gasteiger partial charge < -0.3 is 5.11 Å². The van der Waals surface area contributed by atoms with Crippen molar-refractivity contribution in [1.82, 2.24) is 0 Å². The van der Waals surface area contributed by atoms with Crippen LogP contribution in [0.3, 0.4) is 0 Å². The topological polar surface area (TPSA) is 37.3 Å². The molecule has 1 rings (SSSR count). The van der Waals surface area contributed by atoms with Gasteiger partial charge in [-0.15, -0.1) is 23.2 Å². The highest BCUT2D eigenvalue weighted by molar-refractivity contribution is 6.18. The predicted molar refractivity (Wildman–Crippen MR) is 85.5 cm³/mol.